The highest BCUT2D eigenvalue weighted by atomic mass is 16.5. The van der Waals surface area contributed by atoms with Crippen LogP contribution in [-0.4, -0.2) is 32.9 Å². The van der Waals surface area contributed by atoms with Gasteiger partial charge in [-0.25, -0.2) is 0 Å². The van der Waals surface area contributed by atoms with E-state index in [1.807, 2.05) is 24.9 Å². The van der Waals surface area contributed by atoms with Gasteiger partial charge in [0.25, 0.3) is 0 Å². The van der Waals surface area contributed by atoms with Gasteiger partial charge in [-0.2, -0.15) is 0 Å². The Labute approximate surface area is 90.0 Å². The number of benzene rings is 1. The van der Waals surface area contributed by atoms with Crippen LogP contribution < -0.4 is 14.4 Å². The van der Waals surface area contributed by atoms with E-state index in [4.69, 9.17) is 9.47 Å². The Kier molecular flexibility index (Phi) is 3.66. The van der Waals surface area contributed by atoms with Crippen LogP contribution in [0.1, 0.15) is 6.92 Å². The highest BCUT2D eigenvalue weighted by molar-refractivity contribution is 5.62. The average molecular weight is 211 g/mol. The molecule has 0 radical (unpaired) electrons. The van der Waals surface area contributed by atoms with Crippen molar-refractivity contribution in [2.24, 2.45) is 0 Å². The smallest absolute Gasteiger partial charge is 0.203 e. The summed E-state index contributed by atoms with van der Waals surface area (Å²) in [5.74, 6) is 0.991. The van der Waals surface area contributed by atoms with E-state index in [1.54, 1.807) is 13.2 Å². The number of hydrogen-bond acceptors (Lipinski definition) is 4. The van der Waals surface area contributed by atoms with Gasteiger partial charge in [0.15, 0.2) is 11.5 Å². The van der Waals surface area contributed by atoms with E-state index in [1.165, 1.54) is 7.11 Å². The van der Waals surface area contributed by atoms with Crippen molar-refractivity contribution in [3.05, 3.63) is 12.1 Å². The summed E-state index contributed by atoms with van der Waals surface area (Å²) in [7, 11) is 4.99. The SMILES string of the molecule is CCN(C)c1cc(O)c(OC)c(OC)c1. The summed E-state index contributed by atoms with van der Waals surface area (Å²) in [4.78, 5) is 2.00. The topological polar surface area (TPSA) is 41.9 Å². The summed E-state index contributed by atoms with van der Waals surface area (Å²) < 4.78 is 10.2. The number of aromatic hydroxyl groups is 1. The van der Waals surface area contributed by atoms with Crippen molar-refractivity contribution in [3.8, 4) is 17.2 Å². The van der Waals surface area contributed by atoms with E-state index in [-0.39, 0.29) is 5.75 Å². The number of rotatable bonds is 4. The predicted molar refractivity (Wildman–Crippen MR) is 60.2 cm³/mol. The second kappa shape index (κ2) is 4.77. The molecule has 0 unspecified atom stereocenters. The summed E-state index contributed by atoms with van der Waals surface area (Å²) in [6.07, 6.45) is 0. The zero-order chi connectivity index (χ0) is 11.4. The van der Waals surface area contributed by atoms with Crippen LogP contribution in [0.5, 0.6) is 17.2 Å². The van der Waals surface area contributed by atoms with Gasteiger partial charge in [-0.1, -0.05) is 0 Å². The van der Waals surface area contributed by atoms with Crippen molar-refractivity contribution < 1.29 is 14.6 Å². The molecule has 0 bridgehead atoms. The lowest BCUT2D eigenvalue weighted by Gasteiger charge is -2.19. The second-order valence-electron chi connectivity index (χ2n) is 3.21. The molecule has 0 fully saturated rings. The van der Waals surface area contributed by atoms with Gasteiger partial charge >= 0.3 is 0 Å². The van der Waals surface area contributed by atoms with Crippen molar-refractivity contribution in [3.63, 3.8) is 0 Å². The molecule has 0 spiro atoms. The van der Waals surface area contributed by atoms with E-state index >= 15 is 0 Å². The number of ether oxygens (including phenoxy) is 2. The van der Waals surface area contributed by atoms with E-state index in [2.05, 4.69) is 0 Å². The maximum absolute atomic E-state index is 9.72. The Bertz CT molecular complexity index is 339. The molecular formula is C11H17NO3. The highest BCUT2D eigenvalue weighted by Crippen LogP contribution is 2.39. The van der Waals surface area contributed by atoms with E-state index < -0.39 is 0 Å². The second-order valence-corrected chi connectivity index (χ2v) is 3.21. The molecule has 1 aromatic carbocycles. The summed E-state index contributed by atoms with van der Waals surface area (Å²) in [5, 5.41) is 9.72. The molecule has 0 amide bonds. The number of anilines is 1. The zero-order valence-corrected chi connectivity index (χ0v) is 9.57. The molecule has 0 aliphatic carbocycles. The van der Waals surface area contributed by atoms with Crippen molar-refractivity contribution in [2.75, 3.05) is 32.7 Å². The van der Waals surface area contributed by atoms with Gasteiger partial charge in [-0.15, -0.1) is 0 Å². The molecule has 1 rings (SSSR count). The maximum Gasteiger partial charge on any atom is 0.203 e. The van der Waals surface area contributed by atoms with Crippen molar-refractivity contribution in [2.45, 2.75) is 6.92 Å². The third-order valence-corrected chi connectivity index (χ3v) is 2.36. The lowest BCUT2D eigenvalue weighted by Crippen LogP contribution is -2.15. The van der Waals surface area contributed by atoms with Gasteiger partial charge in [0, 0.05) is 31.4 Å². The van der Waals surface area contributed by atoms with Gasteiger partial charge < -0.3 is 19.5 Å². The fraction of sp³-hybridized carbons (Fsp3) is 0.455. The largest absolute Gasteiger partial charge is 0.504 e. The fourth-order valence-corrected chi connectivity index (χ4v) is 1.33. The van der Waals surface area contributed by atoms with Crippen LogP contribution in [-0.2, 0) is 0 Å². The van der Waals surface area contributed by atoms with E-state index in [0.29, 0.717) is 11.5 Å². The summed E-state index contributed by atoms with van der Waals surface area (Å²) in [6.45, 7) is 2.89. The van der Waals surface area contributed by atoms with Crippen LogP contribution in [0, 0.1) is 0 Å². The van der Waals surface area contributed by atoms with E-state index in [0.717, 1.165) is 12.2 Å². The van der Waals surface area contributed by atoms with Crippen LogP contribution in [0.25, 0.3) is 0 Å². The van der Waals surface area contributed by atoms with Gasteiger partial charge in [-0.3, -0.25) is 0 Å². The van der Waals surface area contributed by atoms with Crippen molar-refractivity contribution in [1.82, 2.24) is 0 Å². The van der Waals surface area contributed by atoms with Crippen LogP contribution >= 0.6 is 0 Å². The zero-order valence-electron chi connectivity index (χ0n) is 9.57. The molecule has 0 aliphatic rings. The molecule has 1 N–H and O–H groups in total. The summed E-state index contributed by atoms with van der Waals surface area (Å²) in [6, 6.07) is 3.49. The quantitative estimate of drug-likeness (QED) is 0.825. The Morgan fingerprint density at radius 2 is 1.93 bits per heavy atom. The molecule has 0 aliphatic heterocycles. The number of phenols is 1. The first-order valence-corrected chi connectivity index (χ1v) is 4.80. The first-order chi connectivity index (χ1) is 7.13. The average Bonchev–Trinajstić information content (AvgIpc) is 2.26. The van der Waals surface area contributed by atoms with Gasteiger partial charge in [0.1, 0.15) is 0 Å². The van der Waals surface area contributed by atoms with Crippen LogP contribution in [0.3, 0.4) is 0 Å². The van der Waals surface area contributed by atoms with Crippen LogP contribution in [0.4, 0.5) is 5.69 Å². The van der Waals surface area contributed by atoms with Crippen molar-refractivity contribution in [1.29, 1.82) is 0 Å². The molecule has 0 heterocycles. The lowest BCUT2D eigenvalue weighted by molar-refractivity contribution is 0.333. The molecule has 0 aromatic heterocycles. The summed E-state index contributed by atoms with van der Waals surface area (Å²) in [5.41, 5.74) is 0.896. The van der Waals surface area contributed by atoms with Gasteiger partial charge in [0.05, 0.1) is 14.2 Å². The van der Waals surface area contributed by atoms with Crippen LogP contribution in [0.15, 0.2) is 12.1 Å². The maximum atomic E-state index is 9.72. The number of methoxy groups -OCH3 is 2. The summed E-state index contributed by atoms with van der Waals surface area (Å²) >= 11 is 0. The van der Waals surface area contributed by atoms with Crippen molar-refractivity contribution >= 4 is 5.69 Å². The Balaban J connectivity index is 3.19. The Hall–Kier alpha value is -1.58. The monoisotopic (exact) mass is 211 g/mol. The highest BCUT2D eigenvalue weighted by Gasteiger charge is 2.12. The third-order valence-electron chi connectivity index (χ3n) is 2.36. The van der Waals surface area contributed by atoms with Gasteiger partial charge in [0.2, 0.25) is 5.75 Å². The first kappa shape index (κ1) is 11.5. The number of phenolic OH excluding ortho intramolecular Hbond substituents is 1. The molecule has 0 saturated heterocycles. The van der Waals surface area contributed by atoms with Gasteiger partial charge in [-0.05, 0) is 6.92 Å². The lowest BCUT2D eigenvalue weighted by atomic mass is 10.2. The molecule has 1 aromatic rings. The minimum atomic E-state index is 0.0900. The standard InChI is InChI=1S/C11H17NO3/c1-5-12(2)8-6-9(13)11(15-4)10(7-8)14-3/h6-7,13H,5H2,1-4H3. The molecule has 4 heteroatoms. The third kappa shape index (κ3) is 2.26. The van der Waals surface area contributed by atoms with Crippen LogP contribution in [0.2, 0.25) is 0 Å². The normalized spacial score (nSPS) is 9.87. The number of hydrogen-bond donors (Lipinski definition) is 1. The van der Waals surface area contributed by atoms with E-state index in [9.17, 15) is 5.11 Å². The minimum absolute atomic E-state index is 0.0900. The minimum Gasteiger partial charge on any atom is -0.504 e. The first-order valence-electron chi connectivity index (χ1n) is 4.80. The molecule has 84 valence electrons. The number of nitrogens with zero attached hydrogens (tertiary/aromatic N) is 1. The molecule has 0 saturated carbocycles. The Morgan fingerprint density at radius 3 is 2.40 bits per heavy atom. The Morgan fingerprint density at radius 1 is 1.27 bits per heavy atom. The molecule has 15 heavy (non-hydrogen) atoms. The fourth-order valence-electron chi connectivity index (χ4n) is 1.33. The molecule has 0 atom stereocenters. The molecule has 4 nitrogen and oxygen atoms in total. The predicted octanol–water partition coefficient (Wildman–Crippen LogP) is 1.87. The molecular weight excluding hydrogens is 194 g/mol.